The highest BCUT2D eigenvalue weighted by Crippen LogP contribution is 2.28. The maximum Gasteiger partial charge on any atom is 0.204 e. The molecule has 0 spiro atoms. The summed E-state index contributed by atoms with van der Waals surface area (Å²) in [4.78, 5) is 10.5. The highest BCUT2D eigenvalue weighted by atomic mass is 16.5. The van der Waals surface area contributed by atoms with Gasteiger partial charge in [0.05, 0.1) is 7.11 Å². The first-order valence-electron chi connectivity index (χ1n) is 6.13. The minimum absolute atomic E-state index is 0.409. The summed E-state index contributed by atoms with van der Waals surface area (Å²) in [5, 5.41) is 6.44. The van der Waals surface area contributed by atoms with Crippen molar-refractivity contribution >= 4 is 11.6 Å². The Morgan fingerprint density at radius 2 is 1.89 bits per heavy atom. The van der Waals surface area contributed by atoms with Crippen LogP contribution in [0.3, 0.4) is 0 Å². The molecule has 1 aromatic heterocycles. The summed E-state index contributed by atoms with van der Waals surface area (Å²) in [5.41, 5.74) is 0. The summed E-state index contributed by atoms with van der Waals surface area (Å²) in [5.74, 6) is 2.09. The van der Waals surface area contributed by atoms with Gasteiger partial charge in [-0.3, -0.25) is 0 Å². The van der Waals surface area contributed by atoms with Gasteiger partial charge in [-0.2, -0.15) is 0 Å². The lowest BCUT2D eigenvalue weighted by molar-refractivity contribution is 0.325. The Balaban J connectivity index is 2.78. The zero-order chi connectivity index (χ0) is 13.5. The van der Waals surface area contributed by atoms with Crippen molar-refractivity contribution in [2.75, 3.05) is 44.9 Å². The molecule has 1 unspecified atom stereocenters. The van der Waals surface area contributed by atoms with Crippen molar-refractivity contribution in [1.29, 1.82) is 0 Å². The van der Waals surface area contributed by atoms with E-state index in [1.54, 1.807) is 7.11 Å². The van der Waals surface area contributed by atoms with E-state index in [9.17, 15) is 0 Å². The number of anilines is 2. The normalized spacial score (nSPS) is 12.3. The number of aromatic nitrogens is 2. The fraction of sp³-hybridized carbons (Fsp3) is 0.667. The number of methoxy groups -OCH3 is 1. The molecule has 2 N–H and O–H groups in total. The van der Waals surface area contributed by atoms with Crippen LogP contribution >= 0.6 is 0 Å². The summed E-state index contributed by atoms with van der Waals surface area (Å²) in [6.45, 7) is 5.75. The summed E-state index contributed by atoms with van der Waals surface area (Å²) in [6, 6.07) is 0.409. The van der Waals surface area contributed by atoms with Gasteiger partial charge in [0.2, 0.25) is 5.75 Å². The first-order valence-corrected chi connectivity index (χ1v) is 6.13. The Labute approximate surface area is 109 Å². The predicted molar refractivity (Wildman–Crippen MR) is 74.4 cm³/mol. The molecule has 0 saturated carbocycles. The first-order chi connectivity index (χ1) is 8.60. The summed E-state index contributed by atoms with van der Waals surface area (Å²) < 4.78 is 5.36. The van der Waals surface area contributed by atoms with E-state index >= 15 is 0 Å². The average molecular weight is 253 g/mol. The fourth-order valence-electron chi connectivity index (χ4n) is 1.41. The zero-order valence-electron chi connectivity index (χ0n) is 11.8. The van der Waals surface area contributed by atoms with Crippen LogP contribution in [0, 0.1) is 0 Å². The van der Waals surface area contributed by atoms with Crippen molar-refractivity contribution in [2.45, 2.75) is 19.9 Å². The smallest absolute Gasteiger partial charge is 0.204 e. The lowest BCUT2D eigenvalue weighted by Gasteiger charge is -2.21. The molecule has 0 aromatic carbocycles. The predicted octanol–water partition coefficient (Wildman–Crippen LogP) is 1.28. The quantitative estimate of drug-likeness (QED) is 0.763. The van der Waals surface area contributed by atoms with Gasteiger partial charge in [-0.05, 0) is 27.9 Å². The SMILES string of the molecule is CCNc1ncnc(NCC(C)N(C)C)c1OC. The van der Waals surface area contributed by atoms with Gasteiger partial charge in [-0.1, -0.05) is 0 Å². The third-order valence-corrected chi connectivity index (χ3v) is 2.80. The molecule has 6 heteroatoms. The number of likely N-dealkylation sites (N-methyl/N-ethyl adjacent to an activating group) is 1. The monoisotopic (exact) mass is 253 g/mol. The lowest BCUT2D eigenvalue weighted by Crippen LogP contribution is -2.31. The van der Waals surface area contributed by atoms with Crippen LogP contribution in [0.4, 0.5) is 11.6 Å². The number of hydrogen-bond donors (Lipinski definition) is 2. The van der Waals surface area contributed by atoms with Crippen LogP contribution in [0.15, 0.2) is 6.33 Å². The minimum Gasteiger partial charge on any atom is -0.490 e. The van der Waals surface area contributed by atoms with Gasteiger partial charge in [0.1, 0.15) is 6.33 Å². The van der Waals surface area contributed by atoms with Crippen LogP contribution in [0.1, 0.15) is 13.8 Å². The first kappa shape index (κ1) is 14.5. The third kappa shape index (κ3) is 3.73. The Hall–Kier alpha value is -1.56. The van der Waals surface area contributed by atoms with Crippen molar-refractivity contribution in [1.82, 2.24) is 14.9 Å². The van der Waals surface area contributed by atoms with Gasteiger partial charge >= 0.3 is 0 Å². The average Bonchev–Trinajstić information content (AvgIpc) is 2.36. The van der Waals surface area contributed by atoms with Crippen molar-refractivity contribution < 1.29 is 4.74 Å². The molecule has 1 rings (SSSR count). The Bertz CT molecular complexity index is 369. The molecule has 0 aliphatic heterocycles. The van der Waals surface area contributed by atoms with E-state index in [4.69, 9.17) is 4.74 Å². The van der Waals surface area contributed by atoms with Crippen LogP contribution in [0.25, 0.3) is 0 Å². The minimum atomic E-state index is 0.409. The van der Waals surface area contributed by atoms with Gasteiger partial charge in [-0.25, -0.2) is 9.97 Å². The molecule has 0 fully saturated rings. The van der Waals surface area contributed by atoms with Gasteiger partial charge in [0, 0.05) is 19.1 Å². The fourth-order valence-corrected chi connectivity index (χ4v) is 1.41. The Morgan fingerprint density at radius 1 is 1.28 bits per heavy atom. The molecule has 0 aliphatic rings. The maximum absolute atomic E-state index is 5.36. The second-order valence-corrected chi connectivity index (χ2v) is 4.33. The van der Waals surface area contributed by atoms with E-state index in [1.165, 1.54) is 6.33 Å². The standard InChI is InChI=1S/C12H23N5O/c1-6-13-11-10(18-5)12(16-8-15-11)14-7-9(2)17(3)4/h8-9H,6-7H2,1-5H3,(H2,13,14,15,16). The molecule has 18 heavy (non-hydrogen) atoms. The molecule has 1 aromatic rings. The zero-order valence-corrected chi connectivity index (χ0v) is 11.8. The molecule has 6 nitrogen and oxygen atoms in total. The van der Waals surface area contributed by atoms with E-state index in [0.29, 0.717) is 11.8 Å². The van der Waals surface area contributed by atoms with E-state index in [2.05, 4.69) is 32.4 Å². The third-order valence-electron chi connectivity index (χ3n) is 2.80. The number of rotatable bonds is 7. The Morgan fingerprint density at radius 3 is 2.39 bits per heavy atom. The van der Waals surface area contributed by atoms with Gasteiger partial charge < -0.3 is 20.3 Å². The molecule has 102 valence electrons. The molecule has 0 bridgehead atoms. The molecular formula is C12H23N5O. The number of nitrogens with zero attached hydrogens (tertiary/aromatic N) is 3. The van der Waals surface area contributed by atoms with E-state index in [-0.39, 0.29) is 0 Å². The molecule has 1 heterocycles. The van der Waals surface area contributed by atoms with Crippen LogP contribution in [-0.2, 0) is 0 Å². The van der Waals surface area contributed by atoms with Crippen LogP contribution in [0.2, 0.25) is 0 Å². The molecule has 0 saturated heterocycles. The molecule has 0 aliphatic carbocycles. The Kier molecular flexibility index (Phi) is 5.64. The highest BCUT2D eigenvalue weighted by molar-refractivity contribution is 5.63. The summed E-state index contributed by atoms with van der Waals surface area (Å²) >= 11 is 0. The molecule has 1 atom stereocenters. The van der Waals surface area contributed by atoms with Crippen molar-refractivity contribution in [3.63, 3.8) is 0 Å². The van der Waals surface area contributed by atoms with Crippen molar-refractivity contribution in [2.24, 2.45) is 0 Å². The van der Waals surface area contributed by atoms with Crippen LogP contribution < -0.4 is 15.4 Å². The molecule has 0 radical (unpaired) electrons. The van der Waals surface area contributed by atoms with Gasteiger partial charge in [0.25, 0.3) is 0 Å². The number of hydrogen-bond acceptors (Lipinski definition) is 6. The topological polar surface area (TPSA) is 62.3 Å². The number of nitrogens with one attached hydrogen (secondary N) is 2. The van der Waals surface area contributed by atoms with E-state index < -0.39 is 0 Å². The van der Waals surface area contributed by atoms with Crippen LogP contribution in [-0.4, -0.2) is 55.2 Å². The number of ether oxygens (including phenoxy) is 1. The van der Waals surface area contributed by atoms with Crippen molar-refractivity contribution in [3.05, 3.63) is 6.33 Å². The summed E-state index contributed by atoms with van der Waals surface area (Å²) in [7, 11) is 5.72. The second-order valence-electron chi connectivity index (χ2n) is 4.33. The van der Waals surface area contributed by atoms with E-state index in [1.807, 2.05) is 21.0 Å². The van der Waals surface area contributed by atoms with Crippen molar-refractivity contribution in [3.8, 4) is 5.75 Å². The van der Waals surface area contributed by atoms with Gasteiger partial charge in [-0.15, -0.1) is 0 Å². The summed E-state index contributed by atoms with van der Waals surface area (Å²) in [6.07, 6.45) is 1.53. The van der Waals surface area contributed by atoms with Gasteiger partial charge in [0.15, 0.2) is 11.6 Å². The maximum atomic E-state index is 5.36. The van der Waals surface area contributed by atoms with Crippen LogP contribution in [0.5, 0.6) is 5.75 Å². The second kappa shape index (κ2) is 7.00. The highest BCUT2D eigenvalue weighted by Gasteiger charge is 2.12. The lowest BCUT2D eigenvalue weighted by atomic mass is 10.3. The van der Waals surface area contributed by atoms with E-state index in [0.717, 1.165) is 24.7 Å². The molecule has 0 amide bonds. The molecular weight excluding hydrogens is 230 g/mol. The largest absolute Gasteiger partial charge is 0.490 e.